The topological polar surface area (TPSA) is 54.0 Å². The highest BCUT2D eigenvalue weighted by atomic mass is 16.2. The summed E-state index contributed by atoms with van der Waals surface area (Å²) in [5.74, 6) is -0.00583. The summed E-state index contributed by atoms with van der Waals surface area (Å²) in [5.41, 5.74) is 1.68. The van der Waals surface area contributed by atoms with Gasteiger partial charge in [0.15, 0.2) is 0 Å². The van der Waals surface area contributed by atoms with Gasteiger partial charge in [-0.2, -0.15) is 0 Å². The van der Waals surface area contributed by atoms with Gasteiger partial charge in [-0.15, -0.1) is 0 Å². The first-order valence-electron chi connectivity index (χ1n) is 3.79. The predicted molar refractivity (Wildman–Crippen MR) is 46.0 cm³/mol. The lowest BCUT2D eigenvalue weighted by atomic mass is 10.2. The predicted octanol–water partition coefficient (Wildman–Crippen LogP) is 0.834. The molecule has 0 bridgehead atoms. The third kappa shape index (κ3) is 1.01. The zero-order valence-electron chi connectivity index (χ0n) is 6.66. The van der Waals surface area contributed by atoms with Crippen LogP contribution in [0.4, 0.5) is 11.4 Å². The van der Waals surface area contributed by atoms with Crippen molar-refractivity contribution in [1.29, 1.82) is 0 Å². The summed E-state index contributed by atoms with van der Waals surface area (Å²) in [6, 6.07) is 1.59. The van der Waals surface area contributed by atoms with E-state index in [2.05, 4.69) is 15.6 Å². The van der Waals surface area contributed by atoms with Gasteiger partial charge in [0.05, 0.1) is 17.6 Å². The molecule has 1 amide bonds. The lowest BCUT2D eigenvalue weighted by Gasteiger charge is -2.23. The van der Waals surface area contributed by atoms with Crippen molar-refractivity contribution in [1.82, 2.24) is 4.98 Å². The molecule has 2 rings (SSSR count). The Labute approximate surface area is 70.0 Å². The molecule has 1 aliphatic heterocycles. The van der Waals surface area contributed by atoms with E-state index in [1.54, 1.807) is 18.5 Å². The fourth-order valence-electron chi connectivity index (χ4n) is 1.16. The summed E-state index contributed by atoms with van der Waals surface area (Å²) in [6.45, 7) is 1.81. The fourth-order valence-corrected chi connectivity index (χ4v) is 1.16. The SMILES string of the molecule is C[C@@H]1Nc2cnccc2NC1=O. The maximum Gasteiger partial charge on any atom is 0.246 e. The Hall–Kier alpha value is -1.58. The lowest BCUT2D eigenvalue weighted by molar-refractivity contribution is -0.116. The van der Waals surface area contributed by atoms with Crippen LogP contribution < -0.4 is 10.6 Å². The van der Waals surface area contributed by atoms with Crippen LogP contribution in [0.5, 0.6) is 0 Å². The zero-order chi connectivity index (χ0) is 8.55. The molecule has 0 fully saturated rings. The van der Waals surface area contributed by atoms with Crippen LogP contribution in [0.25, 0.3) is 0 Å². The molecule has 2 heterocycles. The zero-order valence-corrected chi connectivity index (χ0v) is 6.66. The quantitative estimate of drug-likeness (QED) is 0.595. The number of rotatable bonds is 0. The minimum Gasteiger partial charge on any atom is -0.371 e. The highest BCUT2D eigenvalue weighted by molar-refractivity contribution is 6.02. The summed E-state index contributed by atoms with van der Waals surface area (Å²) >= 11 is 0. The number of pyridine rings is 1. The minimum absolute atomic E-state index is 0.00583. The van der Waals surface area contributed by atoms with Crippen LogP contribution >= 0.6 is 0 Å². The number of nitrogens with one attached hydrogen (secondary N) is 2. The molecule has 12 heavy (non-hydrogen) atoms. The second-order valence-electron chi connectivity index (χ2n) is 2.78. The van der Waals surface area contributed by atoms with Gasteiger partial charge in [-0.1, -0.05) is 0 Å². The van der Waals surface area contributed by atoms with Gasteiger partial charge in [0, 0.05) is 6.20 Å². The summed E-state index contributed by atoms with van der Waals surface area (Å²) in [6.07, 6.45) is 3.35. The number of anilines is 2. The third-order valence-electron chi connectivity index (χ3n) is 1.84. The number of nitrogens with zero attached hydrogens (tertiary/aromatic N) is 1. The van der Waals surface area contributed by atoms with Gasteiger partial charge >= 0.3 is 0 Å². The van der Waals surface area contributed by atoms with E-state index in [0.717, 1.165) is 11.4 Å². The van der Waals surface area contributed by atoms with Crippen molar-refractivity contribution in [2.45, 2.75) is 13.0 Å². The molecule has 0 spiro atoms. The molecule has 0 aromatic carbocycles. The summed E-state index contributed by atoms with van der Waals surface area (Å²) in [4.78, 5) is 15.1. The molecule has 0 radical (unpaired) electrons. The summed E-state index contributed by atoms with van der Waals surface area (Å²) in [7, 11) is 0. The molecular weight excluding hydrogens is 154 g/mol. The molecule has 62 valence electrons. The van der Waals surface area contributed by atoms with Crippen molar-refractivity contribution < 1.29 is 4.79 Å². The average Bonchev–Trinajstić information content (AvgIpc) is 2.07. The molecule has 2 N–H and O–H groups in total. The van der Waals surface area contributed by atoms with Crippen molar-refractivity contribution in [3.63, 3.8) is 0 Å². The maximum absolute atomic E-state index is 11.2. The Morgan fingerprint density at radius 3 is 3.17 bits per heavy atom. The molecule has 0 unspecified atom stereocenters. The highest BCUT2D eigenvalue weighted by Gasteiger charge is 2.20. The van der Waals surface area contributed by atoms with E-state index in [9.17, 15) is 4.79 Å². The summed E-state index contributed by atoms with van der Waals surface area (Å²) < 4.78 is 0. The first-order chi connectivity index (χ1) is 5.77. The second kappa shape index (κ2) is 2.48. The number of hydrogen-bond acceptors (Lipinski definition) is 3. The molecular formula is C8H9N3O. The van der Waals surface area contributed by atoms with Crippen molar-refractivity contribution in [3.8, 4) is 0 Å². The Morgan fingerprint density at radius 1 is 1.50 bits per heavy atom. The van der Waals surface area contributed by atoms with E-state index in [-0.39, 0.29) is 11.9 Å². The van der Waals surface area contributed by atoms with Gasteiger partial charge in [0.2, 0.25) is 5.91 Å². The van der Waals surface area contributed by atoms with Crippen LogP contribution in [0, 0.1) is 0 Å². The van der Waals surface area contributed by atoms with Crippen LogP contribution in [0.3, 0.4) is 0 Å². The molecule has 1 aromatic heterocycles. The third-order valence-corrected chi connectivity index (χ3v) is 1.84. The van der Waals surface area contributed by atoms with Crippen LogP contribution in [-0.4, -0.2) is 16.9 Å². The maximum atomic E-state index is 11.2. The van der Waals surface area contributed by atoms with Crippen molar-refractivity contribution in [2.75, 3.05) is 10.6 Å². The van der Waals surface area contributed by atoms with Crippen LogP contribution in [0.15, 0.2) is 18.5 Å². The van der Waals surface area contributed by atoms with Crippen LogP contribution in [0.2, 0.25) is 0 Å². The van der Waals surface area contributed by atoms with Crippen LogP contribution in [-0.2, 0) is 4.79 Å². The first kappa shape index (κ1) is 7.09. The number of carbonyl (C=O) groups excluding carboxylic acids is 1. The number of hydrogen-bond donors (Lipinski definition) is 2. The van der Waals surface area contributed by atoms with E-state index in [4.69, 9.17) is 0 Å². The molecule has 1 atom stereocenters. The molecule has 1 aromatic rings. The average molecular weight is 163 g/mol. The molecule has 4 heteroatoms. The van der Waals surface area contributed by atoms with Gasteiger partial charge < -0.3 is 10.6 Å². The largest absolute Gasteiger partial charge is 0.371 e. The number of fused-ring (bicyclic) bond motifs is 1. The number of carbonyl (C=O) groups is 1. The summed E-state index contributed by atoms with van der Waals surface area (Å²) in [5, 5.41) is 5.80. The van der Waals surface area contributed by atoms with E-state index in [0.29, 0.717) is 0 Å². The monoisotopic (exact) mass is 163 g/mol. The van der Waals surface area contributed by atoms with E-state index in [1.807, 2.05) is 6.92 Å². The molecule has 0 saturated carbocycles. The fraction of sp³-hybridized carbons (Fsp3) is 0.250. The van der Waals surface area contributed by atoms with E-state index < -0.39 is 0 Å². The Morgan fingerprint density at radius 2 is 2.33 bits per heavy atom. The van der Waals surface area contributed by atoms with Gasteiger partial charge in [-0.05, 0) is 13.0 Å². The van der Waals surface area contributed by atoms with Gasteiger partial charge in [-0.25, -0.2) is 0 Å². The lowest BCUT2D eigenvalue weighted by Crippen LogP contribution is -2.36. The number of amides is 1. The van der Waals surface area contributed by atoms with E-state index >= 15 is 0 Å². The standard InChI is InChI=1S/C8H9N3O/c1-5-8(12)11-6-2-3-9-4-7(6)10-5/h2-5,10H,1H3,(H,11,12)/t5-/m0/s1. The van der Waals surface area contributed by atoms with Gasteiger partial charge in [0.25, 0.3) is 0 Å². The van der Waals surface area contributed by atoms with Crippen molar-refractivity contribution in [2.24, 2.45) is 0 Å². The van der Waals surface area contributed by atoms with Gasteiger partial charge in [0.1, 0.15) is 6.04 Å². The minimum atomic E-state index is -0.179. The molecule has 0 aliphatic carbocycles. The first-order valence-corrected chi connectivity index (χ1v) is 3.79. The normalized spacial score (nSPS) is 20.8. The van der Waals surface area contributed by atoms with Crippen molar-refractivity contribution in [3.05, 3.63) is 18.5 Å². The van der Waals surface area contributed by atoms with Crippen molar-refractivity contribution >= 4 is 17.3 Å². The Bertz CT molecular complexity index is 324. The molecule has 1 aliphatic rings. The molecule has 4 nitrogen and oxygen atoms in total. The smallest absolute Gasteiger partial charge is 0.246 e. The number of aromatic nitrogens is 1. The Kier molecular flexibility index (Phi) is 1.46. The Balaban J connectivity index is 2.40. The van der Waals surface area contributed by atoms with Crippen LogP contribution in [0.1, 0.15) is 6.92 Å². The highest BCUT2D eigenvalue weighted by Crippen LogP contribution is 2.24. The second-order valence-corrected chi connectivity index (χ2v) is 2.78. The van der Waals surface area contributed by atoms with Gasteiger partial charge in [-0.3, -0.25) is 9.78 Å². The van der Waals surface area contributed by atoms with E-state index in [1.165, 1.54) is 0 Å². The molecule has 0 saturated heterocycles.